The van der Waals surface area contributed by atoms with E-state index in [9.17, 15) is 0 Å². The number of ether oxygens (including phenoxy) is 2. The van der Waals surface area contributed by atoms with Crippen LogP contribution in [0.1, 0.15) is 24.5 Å². The summed E-state index contributed by atoms with van der Waals surface area (Å²) in [4.78, 5) is 8.09. The lowest BCUT2D eigenvalue weighted by molar-refractivity contribution is 0.406. The Hall–Kier alpha value is -2.32. The van der Waals surface area contributed by atoms with Gasteiger partial charge in [0, 0.05) is 6.07 Å². The number of hydrogen-bond acceptors (Lipinski definition) is 5. The second-order valence-corrected chi connectivity index (χ2v) is 4.67. The third-order valence-corrected chi connectivity index (χ3v) is 3.14. The van der Waals surface area contributed by atoms with Gasteiger partial charge in [-0.2, -0.15) is 5.26 Å². The zero-order valence-electron chi connectivity index (χ0n) is 11.8. The van der Waals surface area contributed by atoms with E-state index in [1.54, 1.807) is 18.2 Å². The first kappa shape index (κ1) is 15.1. The Morgan fingerprint density at radius 2 is 2.00 bits per heavy atom. The van der Waals surface area contributed by atoms with Crippen LogP contribution in [0.2, 0.25) is 5.15 Å². The Kier molecular flexibility index (Phi) is 4.96. The molecule has 1 aromatic carbocycles. The summed E-state index contributed by atoms with van der Waals surface area (Å²) in [6, 6.07) is 7.00. The van der Waals surface area contributed by atoms with E-state index in [0.29, 0.717) is 34.5 Å². The lowest BCUT2D eigenvalue weighted by atomic mass is 10.2. The van der Waals surface area contributed by atoms with Crippen LogP contribution in [-0.2, 0) is 6.42 Å². The molecule has 0 radical (unpaired) electrons. The molecule has 21 heavy (non-hydrogen) atoms. The van der Waals surface area contributed by atoms with E-state index in [-0.39, 0.29) is 0 Å². The molecule has 0 amide bonds. The number of halogens is 1. The highest BCUT2D eigenvalue weighted by Gasteiger charge is 2.12. The maximum atomic E-state index is 9.02. The average molecular weight is 304 g/mol. The van der Waals surface area contributed by atoms with Crippen LogP contribution in [0.25, 0.3) is 0 Å². The second kappa shape index (κ2) is 6.91. The summed E-state index contributed by atoms with van der Waals surface area (Å²) in [5.74, 6) is 1.41. The van der Waals surface area contributed by atoms with E-state index in [1.807, 2.05) is 6.92 Å². The minimum atomic E-state index is 0.380. The first-order chi connectivity index (χ1) is 10.2. The fourth-order valence-corrected chi connectivity index (χ4v) is 2.07. The highest BCUT2D eigenvalue weighted by atomic mass is 35.5. The molecule has 0 fully saturated rings. The number of methoxy groups -OCH3 is 1. The molecule has 5 nitrogen and oxygen atoms in total. The van der Waals surface area contributed by atoms with Gasteiger partial charge in [-0.1, -0.05) is 24.9 Å². The van der Waals surface area contributed by atoms with Gasteiger partial charge in [-0.3, -0.25) is 0 Å². The summed E-state index contributed by atoms with van der Waals surface area (Å²) < 4.78 is 10.9. The van der Waals surface area contributed by atoms with Gasteiger partial charge in [0.05, 0.1) is 24.3 Å². The molecule has 1 aromatic heterocycles. The minimum absolute atomic E-state index is 0.380. The van der Waals surface area contributed by atoms with Crippen LogP contribution in [0.15, 0.2) is 24.5 Å². The van der Waals surface area contributed by atoms with Crippen molar-refractivity contribution < 1.29 is 9.47 Å². The summed E-state index contributed by atoms with van der Waals surface area (Å²) in [7, 11) is 1.53. The highest BCUT2D eigenvalue weighted by molar-refractivity contribution is 6.30. The molecule has 6 heteroatoms. The molecule has 0 aliphatic rings. The molecule has 0 unspecified atom stereocenters. The molecule has 0 aliphatic carbocycles. The van der Waals surface area contributed by atoms with Crippen LogP contribution in [0.5, 0.6) is 17.4 Å². The van der Waals surface area contributed by atoms with Crippen molar-refractivity contribution in [3.05, 3.63) is 40.8 Å². The predicted octanol–water partition coefficient (Wildman–Crippen LogP) is 3.76. The topological polar surface area (TPSA) is 68.0 Å². The monoisotopic (exact) mass is 303 g/mol. The normalized spacial score (nSPS) is 10.0. The molecule has 2 aromatic rings. The maximum absolute atomic E-state index is 9.02. The fraction of sp³-hybridized carbons (Fsp3) is 0.267. The van der Waals surface area contributed by atoms with Gasteiger partial charge in [-0.05, 0) is 18.6 Å². The summed E-state index contributed by atoms with van der Waals surface area (Å²) >= 11 is 6.08. The number of nitriles is 1. The number of aromatic nitrogens is 2. The zero-order chi connectivity index (χ0) is 15.2. The van der Waals surface area contributed by atoms with Crippen LogP contribution in [-0.4, -0.2) is 17.1 Å². The average Bonchev–Trinajstić information content (AvgIpc) is 2.50. The third-order valence-electron chi connectivity index (χ3n) is 2.81. The predicted molar refractivity (Wildman–Crippen MR) is 78.8 cm³/mol. The van der Waals surface area contributed by atoms with Crippen molar-refractivity contribution >= 4 is 11.6 Å². The smallest absolute Gasteiger partial charge is 0.227 e. The van der Waals surface area contributed by atoms with Crippen molar-refractivity contribution in [3.8, 4) is 23.4 Å². The molecule has 0 aliphatic heterocycles. The molecule has 108 valence electrons. The number of rotatable bonds is 5. The molecule has 0 bridgehead atoms. The van der Waals surface area contributed by atoms with Crippen LogP contribution in [0.3, 0.4) is 0 Å². The summed E-state index contributed by atoms with van der Waals surface area (Å²) in [6.45, 7) is 2.03. The van der Waals surface area contributed by atoms with Crippen LogP contribution < -0.4 is 9.47 Å². The van der Waals surface area contributed by atoms with E-state index in [0.717, 1.165) is 12.0 Å². The molecular weight excluding hydrogens is 290 g/mol. The Labute approximate surface area is 128 Å². The van der Waals surface area contributed by atoms with Gasteiger partial charge in [0.2, 0.25) is 5.88 Å². The quantitative estimate of drug-likeness (QED) is 0.787. The molecule has 2 rings (SSSR count). The molecule has 0 saturated carbocycles. The lowest BCUT2D eigenvalue weighted by Gasteiger charge is -2.11. The summed E-state index contributed by atoms with van der Waals surface area (Å²) in [5.41, 5.74) is 1.20. The van der Waals surface area contributed by atoms with Crippen molar-refractivity contribution in [1.29, 1.82) is 5.26 Å². The first-order valence-corrected chi connectivity index (χ1v) is 6.82. The Morgan fingerprint density at radius 3 is 2.67 bits per heavy atom. The van der Waals surface area contributed by atoms with Gasteiger partial charge >= 0.3 is 0 Å². The van der Waals surface area contributed by atoms with Crippen molar-refractivity contribution in [3.63, 3.8) is 0 Å². The largest absolute Gasteiger partial charge is 0.497 e. The first-order valence-electron chi connectivity index (χ1n) is 6.44. The minimum Gasteiger partial charge on any atom is -0.497 e. The van der Waals surface area contributed by atoms with Gasteiger partial charge < -0.3 is 9.47 Å². The van der Waals surface area contributed by atoms with Crippen LogP contribution in [0, 0.1) is 11.3 Å². The van der Waals surface area contributed by atoms with Crippen molar-refractivity contribution in [1.82, 2.24) is 9.97 Å². The van der Waals surface area contributed by atoms with Crippen molar-refractivity contribution in [2.45, 2.75) is 19.8 Å². The van der Waals surface area contributed by atoms with E-state index < -0.39 is 0 Å². The molecular formula is C15H14ClN3O2. The van der Waals surface area contributed by atoms with E-state index in [2.05, 4.69) is 16.0 Å². The third kappa shape index (κ3) is 3.61. The standard InChI is InChI=1S/C15H14ClN3O2/c1-3-4-13-14(16)18-9-19-15(13)21-12-6-10(8-17)5-11(7-12)20-2/h5-7,9H,3-4H2,1-2H3. The number of benzene rings is 1. The van der Waals surface area contributed by atoms with Gasteiger partial charge in [-0.15, -0.1) is 0 Å². The van der Waals surface area contributed by atoms with Gasteiger partial charge in [-0.25, -0.2) is 9.97 Å². The van der Waals surface area contributed by atoms with Gasteiger partial charge in [0.1, 0.15) is 23.0 Å². The van der Waals surface area contributed by atoms with Crippen LogP contribution >= 0.6 is 11.6 Å². The van der Waals surface area contributed by atoms with Gasteiger partial charge in [0.25, 0.3) is 0 Å². The summed E-state index contributed by atoms with van der Waals surface area (Å²) in [6.07, 6.45) is 2.96. The molecule has 0 spiro atoms. The van der Waals surface area contributed by atoms with Crippen molar-refractivity contribution in [2.24, 2.45) is 0 Å². The van der Waals surface area contributed by atoms with E-state index >= 15 is 0 Å². The zero-order valence-corrected chi connectivity index (χ0v) is 12.5. The Balaban J connectivity index is 2.38. The summed E-state index contributed by atoms with van der Waals surface area (Å²) in [5, 5.41) is 9.40. The fourth-order valence-electron chi connectivity index (χ4n) is 1.85. The van der Waals surface area contributed by atoms with Crippen LogP contribution in [0.4, 0.5) is 0 Å². The molecule has 0 N–H and O–H groups in total. The van der Waals surface area contributed by atoms with Gasteiger partial charge in [0.15, 0.2) is 0 Å². The maximum Gasteiger partial charge on any atom is 0.227 e. The highest BCUT2D eigenvalue weighted by Crippen LogP contribution is 2.30. The Bertz CT molecular complexity index is 683. The molecule has 1 heterocycles. The number of hydrogen-bond donors (Lipinski definition) is 0. The molecule has 0 atom stereocenters. The number of nitrogens with zero attached hydrogens (tertiary/aromatic N) is 3. The van der Waals surface area contributed by atoms with E-state index in [1.165, 1.54) is 13.4 Å². The molecule has 0 saturated heterocycles. The lowest BCUT2D eigenvalue weighted by Crippen LogP contribution is -1.98. The Morgan fingerprint density at radius 1 is 1.24 bits per heavy atom. The van der Waals surface area contributed by atoms with E-state index in [4.69, 9.17) is 26.3 Å². The SMILES string of the molecule is CCCc1c(Cl)ncnc1Oc1cc(C#N)cc(OC)c1. The second-order valence-electron chi connectivity index (χ2n) is 4.31. The van der Waals surface area contributed by atoms with Crippen molar-refractivity contribution in [2.75, 3.05) is 7.11 Å².